The number of rotatable bonds is 2. The zero-order chi connectivity index (χ0) is 10.4. The van der Waals surface area contributed by atoms with E-state index in [4.69, 9.17) is 5.73 Å². The van der Waals surface area contributed by atoms with Gasteiger partial charge in [0.05, 0.1) is 0 Å². The predicted molar refractivity (Wildman–Crippen MR) is 60.5 cm³/mol. The van der Waals surface area contributed by atoms with Gasteiger partial charge in [-0.25, -0.2) is 0 Å². The molecule has 0 atom stereocenters. The molecule has 1 heterocycles. The quantitative estimate of drug-likeness (QED) is 0.514. The SMILES string of the molecule is CCCN=C(N)N1CCCN(C)CC1. The molecule has 1 aliphatic rings. The van der Waals surface area contributed by atoms with E-state index in [1.54, 1.807) is 0 Å². The van der Waals surface area contributed by atoms with Crippen LogP contribution in [0.4, 0.5) is 0 Å². The Labute approximate surface area is 86.8 Å². The Kier molecular flexibility index (Phi) is 4.73. The number of likely N-dealkylation sites (N-methyl/N-ethyl adjacent to an activating group) is 1. The van der Waals surface area contributed by atoms with Crippen LogP contribution in [-0.2, 0) is 0 Å². The van der Waals surface area contributed by atoms with Gasteiger partial charge in [0.25, 0.3) is 0 Å². The van der Waals surface area contributed by atoms with Gasteiger partial charge in [-0.15, -0.1) is 0 Å². The van der Waals surface area contributed by atoms with E-state index in [0.717, 1.165) is 45.1 Å². The molecular weight excluding hydrogens is 176 g/mol. The molecule has 0 aliphatic carbocycles. The van der Waals surface area contributed by atoms with Crippen molar-refractivity contribution in [3.8, 4) is 0 Å². The second-order valence-electron chi connectivity index (χ2n) is 3.88. The van der Waals surface area contributed by atoms with E-state index in [-0.39, 0.29) is 0 Å². The molecule has 0 saturated carbocycles. The number of hydrogen-bond acceptors (Lipinski definition) is 2. The largest absolute Gasteiger partial charge is 0.370 e. The van der Waals surface area contributed by atoms with Crippen molar-refractivity contribution in [3.05, 3.63) is 0 Å². The summed E-state index contributed by atoms with van der Waals surface area (Å²) < 4.78 is 0. The van der Waals surface area contributed by atoms with Crippen LogP contribution in [0.3, 0.4) is 0 Å². The minimum Gasteiger partial charge on any atom is -0.370 e. The topological polar surface area (TPSA) is 44.9 Å². The Bertz CT molecular complexity index is 191. The highest BCUT2D eigenvalue weighted by Gasteiger charge is 2.12. The second kappa shape index (κ2) is 5.86. The van der Waals surface area contributed by atoms with E-state index in [2.05, 4.69) is 28.8 Å². The van der Waals surface area contributed by atoms with Crippen molar-refractivity contribution in [2.24, 2.45) is 10.7 Å². The van der Waals surface area contributed by atoms with Gasteiger partial charge in [-0.3, -0.25) is 4.99 Å². The van der Waals surface area contributed by atoms with Crippen LogP contribution in [0.5, 0.6) is 0 Å². The summed E-state index contributed by atoms with van der Waals surface area (Å²) in [5.74, 6) is 0.724. The molecule has 0 bridgehead atoms. The summed E-state index contributed by atoms with van der Waals surface area (Å²) in [6, 6.07) is 0. The lowest BCUT2D eigenvalue weighted by molar-refractivity contribution is 0.345. The number of guanidine groups is 1. The summed E-state index contributed by atoms with van der Waals surface area (Å²) in [4.78, 5) is 8.87. The van der Waals surface area contributed by atoms with Crippen LogP contribution in [-0.4, -0.2) is 55.5 Å². The molecular formula is C10H22N4. The van der Waals surface area contributed by atoms with E-state index in [1.807, 2.05) is 0 Å². The third kappa shape index (κ3) is 3.54. The Morgan fingerprint density at radius 1 is 1.29 bits per heavy atom. The van der Waals surface area contributed by atoms with Crippen molar-refractivity contribution in [1.82, 2.24) is 9.80 Å². The van der Waals surface area contributed by atoms with Gasteiger partial charge >= 0.3 is 0 Å². The summed E-state index contributed by atoms with van der Waals surface area (Å²) in [7, 11) is 2.16. The Hall–Kier alpha value is -0.770. The van der Waals surface area contributed by atoms with E-state index >= 15 is 0 Å². The van der Waals surface area contributed by atoms with Crippen molar-refractivity contribution in [3.63, 3.8) is 0 Å². The summed E-state index contributed by atoms with van der Waals surface area (Å²) >= 11 is 0. The summed E-state index contributed by atoms with van der Waals surface area (Å²) in [5, 5.41) is 0. The van der Waals surface area contributed by atoms with Crippen molar-refractivity contribution < 1.29 is 0 Å². The van der Waals surface area contributed by atoms with Crippen LogP contribution in [0, 0.1) is 0 Å². The smallest absolute Gasteiger partial charge is 0.191 e. The predicted octanol–water partition coefficient (Wildman–Crippen LogP) is 0.349. The molecule has 0 aromatic carbocycles. The maximum atomic E-state index is 5.91. The third-order valence-electron chi connectivity index (χ3n) is 2.54. The lowest BCUT2D eigenvalue weighted by Gasteiger charge is -2.21. The lowest BCUT2D eigenvalue weighted by Crippen LogP contribution is -2.39. The van der Waals surface area contributed by atoms with Crippen LogP contribution in [0.2, 0.25) is 0 Å². The molecule has 82 valence electrons. The maximum absolute atomic E-state index is 5.91. The van der Waals surface area contributed by atoms with Gasteiger partial charge in [-0.2, -0.15) is 0 Å². The van der Waals surface area contributed by atoms with E-state index in [9.17, 15) is 0 Å². The van der Waals surface area contributed by atoms with Crippen LogP contribution >= 0.6 is 0 Å². The molecule has 0 aromatic heterocycles. The number of nitrogens with zero attached hydrogens (tertiary/aromatic N) is 3. The van der Waals surface area contributed by atoms with Gasteiger partial charge in [0, 0.05) is 26.2 Å². The van der Waals surface area contributed by atoms with Crippen molar-refractivity contribution in [2.75, 3.05) is 39.8 Å². The average Bonchev–Trinajstić information content (AvgIpc) is 2.39. The standard InChI is InChI=1S/C10H22N4/c1-3-5-12-10(11)14-7-4-6-13(2)8-9-14/h3-9H2,1-2H3,(H2,11,12). The Morgan fingerprint density at radius 2 is 2.07 bits per heavy atom. The van der Waals surface area contributed by atoms with Gasteiger partial charge < -0.3 is 15.5 Å². The van der Waals surface area contributed by atoms with Gasteiger partial charge in [0.1, 0.15) is 0 Å². The average molecular weight is 198 g/mol. The van der Waals surface area contributed by atoms with Crippen LogP contribution in [0.15, 0.2) is 4.99 Å². The molecule has 0 amide bonds. The normalized spacial score (nSPS) is 21.0. The maximum Gasteiger partial charge on any atom is 0.191 e. The highest BCUT2D eigenvalue weighted by atomic mass is 15.3. The highest BCUT2D eigenvalue weighted by Crippen LogP contribution is 2.00. The first-order valence-electron chi connectivity index (χ1n) is 5.47. The Morgan fingerprint density at radius 3 is 2.79 bits per heavy atom. The number of nitrogens with two attached hydrogens (primary N) is 1. The molecule has 0 aromatic rings. The molecule has 1 fully saturated rings. The zero-order valence-electron chi connectivity index (χ0n) is 9.37. The van der Waals surface area contributed by atoms with E-state index in [1.165, 1.54) is 6.42 Å². The molecule has 0 unspecified atom stereocenters. The van der Waals surface area contributed by atoms with Gasteiger partial charge in [0.15, 0.2) is 5.96 Å². The van der Waals surface area contributed by atoms with Crippen LogP contribution in [0.25, 0.3) is 0 Å². The fraction of sp³-hybridized carbons (Fsp3) is 0.900. The van der Waals surface area contributed by atoms with Crippen LogP contribution in [0.1, 0.15) is 19.8 Å². The molecule has 1 aliphatic heterocycles. The molecule has 0 spiro atoms. The van der Waals surface area contributed by atoms with Gasteiger partial charge in [-0.05, 0) is 26.4 Å². The first-order chi connectivity index (χ1) is 6.74. The molecule has 4 heteroatoms. The number of hydrogen-bond donors (Lipinski definition) is 1. The zero-order valence-corrected chi connectivity index (χ0v) is 9.37. The first kappa shape index (κ1) is 11.3. The minimum absolute atomic E-state index is 0.724. The molecule has 14 heavy (non-hydrogen) atoms. The highest BCUT2D eigenvalue weighted by molar-refractivity contribution is 5.78. The van der Waals surface area contributed by atoms with Crippen molar-refractivity contribution in [1.29, 1.82) is 0 Å². The van der Waals surface area contributed by atoms with Gasteiger partial charge in [-0.1, -0.05) is 6.92 Å². The fourth-order valence-electron chi connectivity index (χ4n) is 1.60. The molecule has 4 nitrogen and oxygen atoms in total. The summed E-state index contributed by atoms with van der Waals surface area (Å²) in [6.07, 6.45) is 2.24. The van der Waals surface area contributed by atoms with Crippen LogP contribution < -0.4 is 5.73 Å². The minimum atomic E-state index is 0.724. The number of aliphatic imine (C=N–C) groups is 1. The molecule has 1 rings (SSSR count). The van der Waals surface area contributed by atoms with Crippen molar-refractivity contribution in [2.45, 2.75) is 19.8 Å². The summed E-state index contributed by atoms with van der Waals surface area (Å²) in [6.45, 7) is 7.27. The fourth-order valence-corrected chi connectivity index (χ4v) is 1.60. The monoisotopic (exact) mass is 198 g/mol. The molecule has 2 N–H and O–H groups in total. The Balaban J connectivity index is 2.42. The summed E-state index contributed by atoms with van der Waals surface area (Å²) in [5.41, 5.74) is 5.91. The first-order valence-corrected chi connectivity index (χ1v) is 5.47. The van der Waals surface area contributed by atoms with E-state index in [0.29, 0.717) is 0 Å². The molecule has 0 radical (unpaired) electrons. The van der Waals surface area contributed by atoms with E-state index < -0.39 is 0 Å². The second-order valence-corrected chi connectivity index (χ2v) is 3.88. The lowest BCUT2D eigenvalue weighted by atomic mass is 10.4. The third-order valence-corrected chi connectivity index (χ3v) is 2.54. The van der Waals surface area contributed by atoms with Gasteiger partial charge in [0.2, 0.25) is 0 Å². The van der Waals surface area contributed by atoms with Crippen molar-refractivity contribution >= 4 is 5.96 Å². The molecule has 1 saturated heterocycles.